The summed E-state index contributed by atoms with van der Waals surface area (Å²) in [6.07, 6.45) is 3.98. The summed E-state index contributed by atoms with van der Waals surface area (Å²) in [7, 11) is 0. The molecule has 0 amide bonds. The summed E-state index contributed by atoms with van der Waals surface area (Å²) in [6, 6.07) is 8.52. The van der Waals surface area contributed by atoms with Gasteiger partial charge in [0.05, 0.1) is 11.6 Å². The number of fused-ring (bicyclic) bond motifs is 1. The largest absolute Gasteiger partial charge is 0.390 e. The highest BCUT2D eigenvalue weighted by atomic mass is 16.6. The lowest BCUT2D eigenvalue weighted by molar-refractivity contribution is 0.0745. The molecule has 0 saturated carbocycles. The molecule has 0 spiro atoms. The van der Waals surface area contributed by atoms with E-state index in [1.807, 2.05) is 19.3 Å². The van der Waals surface area contributed by atoms with Crippen molar-refractivity contribution in [2.45, 2.75) is 26.5 Å². The predicted octanol–water partition coefficient (Wildman–Crippen LogP) is 2.33. The Bertz CT molecular complexity index is 724. The van der Waals surface area contributed by atoms with E-state index in [0.29, 0.717) is 5.92 Å². The zero-order chi connectivity index (χ0) is 15.8. The predicted molar refractivity (Wildman–Crippen MR) is 88.1 cm³/mol. The SMILES string of the molecule is Cc1ccc(C2=NOC3CN(Cc4cnc(C)nc4)CC23)cc1. The number of aromatic nitrogens is 2. The molecule has 4 rings (SSSR count). The summed E-state index contributed by atoms with van der Waals surface area (Å²) < 4.78 is 0. The standard InChI is InChI=1S/C18H20N4O/c1-12-3-5-15(6-4-12)18-16-10-22(11-17(16)23-21-18)9-14-7-19-13(2)20-8-14/h3-8,16-17H,9-11H2,1-2H3. The Morgan fingerprint density at radius 1 is 1.09 bits per heavy atom. The minimum atomic E-state index is 0.165. The number of hydrogen-bond donors (Lipinski definition) is 0. The highest BCUT2D eigenvalue weighted by Crippen LogP contribution is 2.30. The molecular weight excluding hydrogens is 288 g/mol. The van der Waals surface area contributed by atoms with E-state index in [-0.39, 0.29) is 6.10 Å². The van der Waals surface area contributed by atoms with Crippen molar-refractivity contribution < 1.29 is 4.84 Å². The van der Waals surface area contributed by atoms with Gasteiger partial charge in [-0.1, -0.05) is 35.0 Å². The molecule has 1 saturated heterocycles. The van der Waals surface area contributed by atoms with E-state index in [0.717, 1.165) is 36.7 Å². The van der Waals surface area contributed by atoms with Crippen LogP contribution in [0.3, 0.4) is 0 Å². The van der Waals surface area contributed by atoms with Gasteiger partial charge in [-0.2, -0.15) is 0 Å². The fraction of sp³-hybridized carbons (Fsp3) is 0.389. The second-order valence-electron chi connectivity index (χ2n) is 6.43. The van der Waals surface area contributed by atoms with Gasteiger partial charge >= 0.3 is 0 Å². The smallest absolute Gasteiger partial charge is 0.149 e. The molecule has 2 unspecified atom stereocenters. The van der Waals surface area contributed by atoms with Crippen LogP contribution in [0.4, 0.5) is 0 Å². The topological polar surface area (TPSA) is 50.6 Å². The molecule has 1 aromatic heterocycles. The lowest BCUT2D eigenvalue weighted by atomic mass is 9.94. The van der Waals surface area contributed by atoms with Crippen LogP contribution in [-0.2, 0) is 11.4 Å². The van der Waals surface area contributed by atoms with E-state index >= 15 is 0 Å². The second-order valence-corrected chi connectivity index (χ2v) is 6.43. The number of likely N-dealkylation sites (tertiary alicyclic amines) is 1. The Kier molecular flexibility index (Phi) is 3.58. The van der Waals surface area contributed by atoms with Crippen molar-refractivity contribution in [1.82, 2.24) is 14.9 Å². The number of rotatable bonds is 3. The molecule has 118 valence electrons. The lowest BCUT2D eigenvalue weighted by Gasteiger charge is -2.16. The third kappa shape index (κ3) is 2.84. The maximum absolute atomic E-state index is 5.68. The average molecular weight is 308 g/mol. The first-order valence-electron chi connectivity index (χ1n) is 7.99. The van der Waals surface area contributed by atoms with E-state index in [1.54, 1.807) is 0 Å². The fourth-order valence-corrected chi connectivity index (χ4v) is 3.29. The van der Waals surface area contributed by atoms with Crippen LogP contribution in [0.15, 0.2) is 41.8 Å². The van der Waals surface area contributed by atoms with Crippen molar-refractivity contribution in [2.24, 2.45) is 11.1 Å². The summed E-state index contributed by atoms with van der Waals surface area (Å²) in [5, 5.41) is 4.34. The van der Waals surface area contributed by atoms with Crippen LogP contribution < -0.4 is 0 Å². The van der Waals surface area contributed by atoms with Crippen LogP contribution in [0.5, 0.6) is 0 Å². The summed E-state index contributed by atoms with van der Waals surface area (Å²) in [6.45, 7) is 6.73. The van der Waals surface area contributed by atoms with Crippen LogP contribution >= 0.6 is 0 Å². The highest BCUT2D eigenvalue weighted by molar-refractivity contribution is 6.03. The fourth-order valence-electron chi connectivity index (χ4n) is 3.29. The van der Waals surface area contributed by atoms with Gasteiger partial charge in [0, 0.05) is 37.6 Å². The van der Waals surface area contributed by atoms with Crippen molar-refractivity contribution in [2.75, 3.05) is 13.1 Å². The molecule has 0 N–H and O–H groups in total. The van der Waals surface area contributed by atoms with E-state index in [2.05, 4.69) is 51.2 Å². The minimum Gasteiger partial charge on any atom is -0.390 e. The summed E-state index contributed by atoms with van der Waals surface area (Å²) in [5.41, 5.74) is 4.66. The first-order valence-corrected chi connectivity index (χ1v) is 7.99. The van der Waals surface area contributed by atoms with Gasteiger partial charge in [-0.25, -0.2) is 9.97 Å². The molecule has 2 aromatic rings. The van der Waals surface area contributed by atoms with E-state index < -0.39 is 0 Å². The van der Waals surface area contributed by atoms with Crippen molar-refractivity contribution in [1.29, 1.82) is 0 Å². The quantitative estimate of drug-likeness (QED) is 0.873. The zero-order valence-corrected chi connectivity index (χ0v) is 13.4. The third-order valence-electron chi connectivity index (χ3n) is 4.57. The van der Waals surface area contributed by atoms with E-state index in [4.69, 9.17) is 4.84 Å². The number of hydrogen-bond acceptors (Lipinski definition) is 5. The average Bonchev–Trinajstić information content (AvgIpc) is 3.11. The molecule has 2 atom stereocenters. The Morgan fingerprint density at radius 2 is 1.83 bits per heavy atom. The van der Waals surface area contributed by atoms with Gasteiger partial charge in [-0.3, -0.25) is 4.90 Å². The number of oxime groups is 1. The lowest BCUT2D eigenvalue weighted by Crippen LogP contribution is -2.23. The maximum Gasteiger partial charge on any atom is 0.149 e. The van der Waals surface area contributed by atoms with Crippen LogP contribution in [0, 0.1) is 19.8 Å². The molecule has 5 nitrogen and oxygen atoms in total. The summed E-state index contributed by atoms with van der Waals surface area (Å²) in [5.74, 6) is 1.16. The minimum absolute atomic E-state index is 0.165. The first kappa shape index (κ1) is 14.3. The van der Waals surface area contributed by atoms with Crippen molar-refractivity contribution in [3.63, 3.8) is 0 Å². The van der Waals surface area contributed by atoms with Crippen molar-refractivity contribution in [3.8, 4) is 0 Å². The molecular formula is C18H20N4O. The number of benzene rings is 1. The van der Waals surface area contributed by atoms with Crippen molar-refractivity contribution >= 4 is 5.71 Å². The second kappa shape index (κ2) is 5.74. The monoisotopic (exact) mass is 308 g/mol. The molecule has 0 aliphatic carbocycles. The van der Waals surface area contributed by atoms with Crippen molar-refractivity contribution in [3.05, 3.63) is 59.2 Å². The zero-order valence-electron chi connectivity index (χ0n) is 13.4. The van der Waals surface area contributed by atoms with Crippen LogP contribution in [0.2, 0.25) is 0 Å². The molecule has 0 bridgehead atoms. The van der Waals surface area contributed by atoms with Crippen LogP contribution in [0.25, 0.3) is 0 Å². The molecule has 1 fully saturated rings. The molecule has 0 radical (unpaired) electrons. The normalized spacial score (nSPS) is 23.5. The molecule has 2 aliphatic rings. The van der Waals surface area contributed by atoms with Gasteiger partial charge in [0.1, 0.15) is 11.9 Å². The molecule has 1 aromatic carbocycles. The maximum atomic E-state index is 5.68. The Balaban J connectivity index is 1.46. The number of nitrogens with zero attached hydrogens (tertiary/aromatic N) is 4. The van der Waals surface area contributed by atoms with Gasteiger partial charge in [0.2, 0.25) is 0 Å². The number of aryl methyl sites for hydroxylation is 2. The van der Waals surface area contributed by atoms with Gasteiger partial charge in [0.15, 0.2) is 0 Å². The Hall–Kier alpha value is -2.27. The summed E-state index contributed by atoms with van der Waals surface area (Å²) in [4.78, 5) is 16.6. The Labute approximate surface area is 136 Å². The highest BCUT2D eigenvalue weighted by Gasteiger charge is 2.42. The van der Waals surface area contributed by atoms with Crippen LogP contribution in [-0.4, -0.2) is 39.8 Å². The van der Waals surface area contributed by atoms with Gasteiger partial charge < -0.3 is 4.84 Å². The Morgan fingerprint density at radius 3 is 2.57 bits per heavy atom. The van der Waals surface area contributed by atoms with E-state index in [1.165, 1.54) is 11.1 Å². The van der Waals surface area contributed by atoms with Gasteiger partial charge in [-0.15, -0.1) is 0 Å². The van der Waals surface area contributed by atoms with Gasteiger partial charge in [-0.05, 0) is 19.4 Å². The van der Waals surface area contributed by atoms with Crippen LogP contribution in [0.1, 0.15) is 22.5 Å². The van der Waals surface area contributed by atoms with Gasteiger partial charge in [0.25, 0.3) is 0 Å². The molecule has 2 aliphatic heterocycles. The van der Waals surface area contributed by atoms with E-state index in [9.17, 15) is 0 Å². The third-order valence-corrected chi connectivity index (χ3v) is 4.57. The summed E-state index contributed by atoms with van der Waals surface area (Å²) >= 11 is 0. The molecule has 23 heavy (non-hydrogen) atoms. The first-order chi connectivity index (χ1) is 11.2. The molecule has 3 heterocycles. The molecule has 5 heteroatoms.